The molecule has 1 atom stereocenters. The molecule has 0 radical (unpaired) electrons. The van der Waals surface area contributed by atoms with Gasteiger partial charge < -0.3 is 19.6 Å². The Hall–Kier alpha value is -3.97. The summed E-state index contributed by atoms with van der Waals surface area (Å²) in [5.74, 6) is -1.51. The molecule has 1 aliphatic heterocycles. The highest BCUT2D eigenvalue weighted by Gasteiger charge is 2.45. The van der Waals surface area contributed by atoms with Crippen molar-refractivity contribution in [3.05, 3.63) is 106 Å². The Balaban J connectivity index is 1.64. The monoisotopic (exact) mass is 516 g/mol. The highest BCUT2D eigenvalue weighted by Crippen LogP contribution is 2.39. The largest absolute Gasteiger partial charge is 0.507 e. The Kier molecular flexibility index (Phi) is 8.59. The molecular formula is C31H33FN2O4. The van der Waals surface area contributed by atoms with Gasteiger partial charge in [-0.25, -0.2) is 4.39 Å². The van der Waals surface area contributed by atoms with Gasteiger partial charge >= 0.3 is 0 Å². The first-order valence-electron chi connectivity index (χ1n) is 12.9. The summed E-state index contributed by atoms with van der Waals surface area (Å²) in [5.41, 5.74) is 3.15. The maximum Gasteiger partial charge on any atom is 0.295 e. The average Bonchev–Trinajstić information content (AvgIpc) is 3.18. The van der Waals surface area contributed by atoms with Gasteiger partial charge in [0.25, 0.3) is 11.7 Å². The normalized spacial score (nSPS) is 16.9. The van der Waals surface area contributed by atoms with Gasteiger partial charge in [0.1, 0.15) is 23.9 Å². The minimum absolute atomic E-state index is 0.00488. The molecule has 0 saturated carbocycles. The van der Waals surface area contributed by atoms with Gasteiger partial charge in [-0.05, 0) is 73.1 Å². The molecule has 3 aromatic carbocycles. The van der Waals surface area contributed by atoms with Crippen LogP contribution in [0, 0.1) is 12.7 Å². The van der Waals surface area contributed by atoms with Crippen LogP contribution in [0.5, 0.6) is 5.75 Å². The standard InChI is InChI=1S/C31H33FN2O4/c1-4-33(5-2)18-19-34-28(22-10-14-25(32)15-11-22)27(30(36)31(34)37)29(35)23-12-16-26(17-13-23)38-20-24-9-7-6-8-21(24)3/h6-17,28,35H,4-5,18-20H2,1-3H3/b29-27+. The molecule has 0 spiro atoms. The van der Waals surface area contributed by atoms with Crippen molar-refractivity contribution in [3.8, 4) is 5.75 Å². The molecule has 1 amide bonds. The third-order valence-corrected chi connectivity index (χ3v) is 7.06. The number of hydrogen-bond donors (Lipinski definition) is 1. The number of benzene rings is 3. The van der Waals surface area contributed by atoms with Crippen LogP contribution in [-0.4, -0.2) is 52.8 Å². The number of ether oxygens (including phenoxy) is 1. The Morgan fingerprint density at radius 3 is 2.26 bits per heavy atom. The number of aliphatic hydroxyl groups is 1. The molecule has 38 heavy (non-hydrogen) atoms. The summed E-state index contributed by atoms with van der Waals surface area (Å²) in [5, 5.41) is 11.3. The first-order valence-corrected chi connectivity index (χ1v) is 12.9. The Morgan fingerprint density at radius 2 is 1.63 bits per heavy atom. The summed E-state index contributed by atoms with van der Waals surface area (Å²) in [6, 6.07) is 19.6. The third-order valence-electron chi connectivity index (χ3n) is 7.06. The number of likely N-dealkylation sites (N-methyl/N-ethyl adjacent to an activating group) is 1. The molecule has 1 N–H and O–H groups in total. The number of hydrogen-bond acceptors (Lipinski definition) is 5. The number of ketones is 1. The summed E-state index contributed by atoms with van der Waals surface area (Å²) >= 11 is 0. The van der Waals surface area contributed by atoms with Crippen molar-refractivity contribution in [2.45, 2.75) is 33.4 Å². The van der Waals surface area contributed by atoms with E-state index in [0.29, 0.717) is 36.6 Å². The van der Waals surface area contributed by atoms with Gasteiger partial charge in [-0.3, -0.25) is 9.59 Å². The summed E-state index contributed by atoms with van der Waals surface area (Å²) < 4.78 is 19.6. The van der Waals surface area contributed by atoms with Crippen LogP contribution in [0.25, 0.3) is 5.76 Å². The van der Waals surface area contributed by atoms with Crippen molar-refractivity contribution in [3.63, 3.8) is 0 Å². The van der Waals surface area contributed by atoms with Crippen LogP contribution in [0.15, 0.2) is 78.4 Å². The van der Waals surface area contributed by atoms with Crippen LogP contribution in [-0.2, 0) is 16.2 Å². The van der Waals surface area contributed by atoms with Crippen molar-refractivity contribution in [1.82, 2.24) is 9.80 Å². The van der Waals surface area contributed by atoms with Crippen molar-refractivity contribution < 1.29 is 23.8 Å². The lowest BCUT2D eigenvalue weighted by Crippen LogP contribution is -2.38. The summed E-state index contributed by atoms with van der Waals surface area (Å²) in [7, 11) is 0. The van der Waals surface area contributed by atoms with Crippen LogP contribution < -0.4 is 4.74 Å². The van der Waals surface area contributed by atoms with Gasteiger partial charge in [0.15, 0.2) is 0 Å². The van der Waals surface area contributed by atoms with Crippen LogP contribution >= 0.6 is 0 Å². The maximum atomic E-state index is 13.7. The first kappa shape index (κ1) is 27.1. The fourth-order valence-corrected chi connectivity index (χ4v) is 4.69. The summed E-state index contributed by atoms with van der Waals surface area (Å²) in [4.78, 5) is 29.9. The number of aliphatic hydroxyl groups excluding tert-OH is 1. The van der Waals surface area contributed by atoms with Crippen LogP contribution in [0.1, 0.15) is 42.1 Å². The van der Waals surface area contributed by atoms with Gasteiger partial charge in [0.2, 0.25) is 0 Å². The second-order valence-corrected chi connectivity index (χ2v) is 9.31. The number of Topliss-reactive ketones (excluding diaryl/α,β-unsaturated/α-hetero) is 1. The number of carbonyl (C=O) groups excluding carboxylic acids is 2. The number of halogens is 1. The van der Waals surface area contributed by atoms with Crippen LogP contribution in [0.4, 0.5) is 4.39 Å². The quantitative estimate of drug-likeness (QED) is 0.220. The molecule has 1 unspecified atom stereocenters. The molecule has 1 aliphatic rings. The number of carbonyl (C=O) groups is 2. The van der Waals surface area contributed by atoms with E-state index in [4.69, 9.17) is 4.74 Å². The third kappa shape index (κ3) is 5.78. The van der Waals surface area contributed by atoms with E-state index in [-0.39, 0.29) is 11.3 Å². The Morgan fingerprint density at radius 1 is 0.974 bits per heavy atom. The molecule has 1 fully saturated rings. The molecule has 0 bridgehead atoms. The molecular weight excluding hydrogens is 483 g/mol. The highest BCUT2D eigenvalue weighted by atomic mass is 19.1. The highest BCUT2D eigenvalue weighted by molar-refractivity contribution is 6.46. The van der Waals surface area contributed by atoms with E-state index in [1.807, 2.05) is 45.0 Å². The molecule has 7 heteroatoms. The molecule has 0 aromatic heterocycles. The number of rotatable bonds is 10. The van der Waals surface area contributed by atoms with Gasteiger partial charge in [-0.2, -0.15) is 0 Å². The lowest BCUT2D eigenvalue weighted by molar-refractivity contribution is -0.140. The molecule has 1 saturated heterocycles. The Bertz CT molecular complexity index is 1310. The smallest absolute Gasteiger partial charge is 0.295 e. The predicted octanol–water partition coefficient (Wildman–Crippen LogP) is 5.48. The van der Waals surface area contributed by atoms with E-state index in [1.54, 1.807) is 36.4 Å². The van der Waals surface area contributed by atoms with Crippen molar-refractivity contribution in [2.24, 2.45) is 0 Å². The van der Waals surface area contributed by atoms with Crippen LogP contribution in [0.2, 0.25) is 0 Å². The molecule has 1 heterocycles. The van der Waals surface area contributed by atoms with E-state index in [2.05, 4.69) is 4.90 Å². The maximum absolute atomic E-state index is 13.7. The van der Waals surface area contributed by atoms with Crippen LogP contribution in [0.3, 0.4) is 0 Å². The second kappa shape index (κ2) is 12.0. The second-order valence-electron chi connectivity index (χ2n) is 9.31. The van der Waals surface area contributed by atoms with E-state index in [0.717, 1.165) is 24.2 Å². The van der Waals surface area contributed by atoms with Crippen molar-refractivity contribution >= 4 is 17.4 Å². The minimum atomic E-state index is -0.817. The zero-order valence-electron chi connectivity index (χ0n) is 22.0. The summed E-state index contributed by atoms with van der Waals surface area (Å²) in [6.45, 7) is 8.98. The van der Waals surface area contributed by atoms with Gasteiger partial charge in [-0.1, -0.05) is 50.2 Å². The zero-order chi connectivity index (χ0) is 27.2. The fraction of sp³-hybridized carbons (Fsp3) is 0.290. The number of likely N-dealkylation sites (tertiary alicyclic amines) is 1. The van der Waals surface area contributed by atoms with Crippen molar-refractivity contribution in [1.29, 1.82) is 0 Å². The van der Waals surface area contributed by atoms with E-state index in [9.17, 15) is 19.1 Å². The molecule has 0 aliphatic carbocycles. The molecule has 3 aromatic rings. The predicted molar refractivity (Wildman–Crippen MR) is 145 cm³/mol. The van der Waals surface area contributed by atoms with Gasteiger partial charge in [-0.15, -0.1) is 0 Å². The fourth-order valence-electron chi connectivity index (χ4n) is 4.69. The van der Waals surface area contributed by atoms with E-state index in [1.165, 1.54) is 17.0 Å². The zero-order valence-corrected chi connectivity index (χ0v) is 22.0. The first-order chi connectivity index (χ1) is 18.3. The topological polar surface area (TPSA) is 70.1 Å². The van der Waals surface area contributed by atoms with E-state index < -0.39 is 23.5 Å². The number of amides is 1. The molecule has 198 valence electrons. The lowest BCUT2D eigenvalue weighted by Gasteiger charge is -2.28. The van der Waals surface area contributed by atoms with Gasteiger partial charge in [0.05, 0.1) is 11.6 Å². The number of aryl methyl sites for hydroxylation is 1. The SMILES string of the molecule is CCN(CC)CCN1C(=O)C(=O)/C(=C(/O)c2ccc(OCc3ccccc3C)cc2)C1c1ccc(F)cc1. The molecule has 6 nitrogen and oxygen atoms in total. The lowest BCUT2D eigenvalue weighted by atomic mass is 9.95. The average molecular weight is 517 g/mol. The number of nitrogens with zero attached hydrogens (tertiary/aromatic N) is 2. The van der Waals surface area contributed by atoms with Crippen molar-refractivity contribution in [2.75, 3.05) is 26.2 Å². The van der Waals surface area contributed by atoms with Gasteiger partial charge in [0, 0.05) is 18.7 Å². The van der Waals surface area contributed by atoms with E-state index >= 15 is 0 Å². The Labute approximate surface area is 223 Å². The summed E-state index contributed by atoms with van der Waals surface area (Å²) in [6.07, 6.45) is 0. The molecule has 4 rings (SSSR count). The minimum Gasteiger partial charge on any atom is -0.507 e.